The van der Waals surface area contributed by atoms with Crippen LogP contribution in [0, 0.1) is 0 Å². The number of piperidine rings is 1. The number of carbonyl (C=O) groups is 1. The molecular formula is C13H26N2O2. The van der Waals surface area contributed by atoms with Crippen molar-refractivity contribution in [3.63, 3.8) is 0 Å². The van der Waals surface area contributed by atoms with Gasteiger partial charge in [-0.2, -0.15) is 0 Å². The highest BCUT2D eigenvalue weighted by Crippen LogP contribution is 2.11. The van der Waals surface area contributed by atoms with Crippen molar-refractivity contribution in [2.45, 2.75) is 58.0 Å². The molecule has 1 aliphatic rings. The van der Waals surface area contributed by atoms with Gasteiger partial charge >= 0.3 is 0 Å². The Morgan fingerprint density at radius 3 is 2.94 bits per heavy atom. The fourth-order valence-electron chi connectivity index (χ4n) is 2.06. The van der Waals surface area contributed by atoms with Crippen LogP contribution in [0.15, 0.2) is 0 Å². The predicted octanol–water partition coefficient (Wildman–Crippen LogP) is 1.45. The first-order valence-corrected chi connectivity index (χ1v) is 6.85. The lowest BCUT2D eigenvalue weighted by Crippen LogP contribution is -2.50. The van der Waals surface area contributed by atoms with Crippen molar-refractivity contribution in [2.24, 2.45) is 0 Å². The summed E-state index contributed by atoms with van der Waals surface area (Å²) in [7, 11) is 0. The van der Waals surface area contributed by atoms with Gasteiger partial charge in [-0.15, -0.1) is 0 Å². The summed E-state index contributed by atoms with van der Waals surface area (Å²) in [5.41, 5.74) is 0. The van der Waals surface area contributed by atoms with E-state index in [0.717, 1.165) is 32.3 Å². The molecular weight excluding hydrogens is 216 g/mol. The monoisotopic (exact) mass is 242 g/mol. The lowest BCUT2D eigenvalue weighted by Gasteiger charge is -2.27. The van der Waals surface area contributed by atoms with E-state index in [1.165, 1.54) is 6.42 Å². The summed E-state index contributed by atoms with van der Waals surface area (Å²) in [5.74, 6) is 0.121. The summed E-state index contributed by atoms with van der Waals surface area (Å²) in [6.45, 7) is 6.31. The maximum absolute atomic E-state index is 11.8. The summed E-state index contributed by atoms with van der Waals surface area (Å²) >= 11 is 0. The van der Waals surface area contributed by atoms with Crippen LogP contribution in [0.25, 0.3) is 0 Å². The van der Waals surface area contributed by atoms with Crippen molar-refractivity contribution >= 4 is 5.91 Å². The van der Waals surface area contributed by atoms with Crippen LogP contribution in [0.2, 0.25) is 0 Å². The summed E-state index contributed by atoms with van der Waals surface area (Å²) in [6, 6.07) is 0.453. The van der Waals surface area contributed by atoms with Crippen LogP contribution < -0.4 is 10.6 Å². The van der Waals surface area contributed by atoms with E-state index in [2.05, 4.69) is 24.5 Å². The zero-order chi connectivity index (χ0) is 12.5. The fourth-order valence-corrected chi connectivity index (χ4v) is 2.06. The number of hydrogen-bond acceptors (Lipinski definition) is 3. The standard InChI is InChI=1S/C13H26N2O2/c1-3-4-9-17-10-8-14-13(16)12-7-5-6-11(2)15-12/h11-12,15H,3-10H2,1-2H3,(H,14,16). The zero-order valence-corrected chi connectivity index (χ0v) is 11.1. The second-order valence-electron chi connectivity index (χ2n) is 4.81. The van der Waals surface area contributed by atoms with Gasteiger partial charge in [-0.25, -0.2) is 0 Å². The molecule has 4 heteroatoms. The summed E-state index contributed by atoms with van der Waals surface area (Å²) in [4.78, 5) is 11.8. The molecule has 0 spiro atoms. The van der Waals surface area contributed by atoms with Crippen molar-refractivity contribution in [2.75, 3.05) is 19.8 Å². The van der Waals surface area contributed by atoms with Crippen molar-refractivity contribution in [1.29, 1.82) is 0 Å². The van der Waals surface area contributed by atoms with Gasteiger partial charge in [-0.05, 0) is 32.6 Å². The first-order valence-electron chi connectivity index (χ1n) is 6.85. The molecule has 0 aromatic rings. The third kappa shape index (κ3) is 6.03. The molecule has 2 atom stereocenters. The maximum Gasteiger partial charge on any atom is 0.237 e. The van der Waals surface area contributed by atoms with Gasteiger partial charge in [-0.3, -0.25) is 4.79 Å². The van der Waals surface area contributed by atoms with Crippen molar-refractivity contribution in [3.8, 4) is 0 Å². The van der Waals surface area contributed by atoms with Gasteiger partial charge in [0.25, 0.3) is 0 Å². The van der Waals surface area contributed by atoms with Crippen molar-refractivity contribution < 1.29 is 9.53 Å². The highest BCUT2D eigenvalue weighted by molar-refractivity contribution is 5.81. The molecule has 2 unspecified atom stereocenters. The minimum atomic E-state index is -0.00519. The molecule has 1 saturated heterocycles. The Bertz CT molecular complexity index is 221. The van der Waals surface area contributed by atoms with E-state index in [9.17, 15) is 4.79 Å². The number of carbonyl (C=O) groups excluding carboxylic acids is 1. The predicted molar refractivity (Wildman–Crippen MR) is 69.0 cm³/mol. The Kier molecular flexibility index (Phi) is 7.21. The number of unbranched alkanes of at least 4 members (excludes halogenated alkanes) is 1. The van der Waals surface area contributed by atoms with Gasteiger partial charge in [0, 0.05) is 19.2 Å². The van der Waals surface area contributed by atoms with Crippen molar-refractivity contribution in [3.05, 3.63) is 0 Å². The second kappa shape index (κ2) is 8.48. The Morgan fingerprint density at radius 1 is 1.41 bits per heavy atom. The van der Waals surface area contributed by atoms with E-state index in [1.807, 2.05) is 0 Å². The molecule has 4 nitrogen and oxygen atoms in total. The number of nitrogens with one attached hydrogen (secondary N) is 2. The minimum absolute atomic E-state index is 0.00519. The highest BCUT2D eigenvalue weighted by atomic mass is 16.5. The summed E-state index contributed by atoms with van der Waals surface area (Å²) in [6.07, 6.45) is 5.50. The first-order chi connectivity index (χ1) is 8.24. The average molecular weight is 242 g/mol. The summed E-state index contributed by atoms with van der Waals surface area (Å²) < 4.78 is 5.40. The molecule has 1 amide bonds. The smallest absolute Gasteiger partial charge is 0.237 e. The first kappa shape index (κ1) is 14.5. The third-order valence-corrected chi connectivity index (χ3v) is 3.12. The SMILES string of the molecule is CCCCOCCNC(=O)C1CCCC(C)N1. The molecule has 1 rings (SSSR count). The van der Waals surface area contributed by atoms with Gasteiger partial charge in [0.2, 0.25) is 5.91 Å². The van der Waals surface area contributed by atoms with E-state index >= 15 is 0 Å². The lowest BCUT2D eigenvalue weighted by molar-refractivity contribution is -0.124. The topological polar surface area (TPSA) is 50.4 Å². The second-order valence-corrected chi connectivity index (χ2v) is 4.81. The largest absolute Gasteiger partial charge is 0.380 e. The Labute approximate surface area is 104 Å². The third-order valence-electron chi connectivity index (χ3n) is 3.12. The van der Waals surface area contributed by atoms with Crippen LogP contribution in [-0.4, -0.2) is 37.7 Å². The van der Waals surface area contributed by atoms with Crippen LogP contribution >= 0.6 is 0 Å². The molecule has 0 aromatic carbocycles. The van der Waals surface area contributed by atoms with Gasteiger partial charge in [-0.1, -0.05) is 13.3 Å². The normalized spacial score (nSPS) is 24.6. The highest BCUT2D eigenvalue weighted by Gasteiger charge is 2.23. The Morgan fingerprint density at radius 2 is 2.24 bits per heavy atom. The number of rotatable bonds is 7. The number of hydrogen-bond donors (Lipinski definition) is 2. The quantitative estimate of drug-likeness (QED) is 0.664. The van der Waals surface area contributed by atoms with Crippen LogP contribution in [0.5, 0.6) is 0 Å². The van der Waals surface area contributed by atoms with Crippen LogP contribution in [0.1, 0.15) is 46.0 Å². The zero-order valence-electron chi connectivity index (χ0n) is 11.1. The Balaban J connectivity index is 2.04. The van der Waals surface area contributed by atoms with Gasteiger partial charge in [0.1, 0.15) is 0 Å². The lowest BCUT2D eigenvalue weighted by atomic mass is 9.99. The van der Waals surface area contributed by atoms with Gasteiger partial charge in [0.15, 0.2) is 0 Å². The molecule has 1 heterocycles. The van der Waals surface area contributed by atoms with E-state index in [-0.39, 0.29) is 11.9 Å². The molecule has 17 heavy (non-hydrogen) atoms. The van der Waals surface area contributed by atoms with E-state index in [0.29, 0.717) is 19.2 Å². The molecule has 100 valence electrons. The maximum atomic E-state index is 11.8. The van der Waals surface area contributed by atoms with Crippen LogP contribution in [-0.2, 0) is 9.53 Å². The molecule has 0 bridgehead atoms. The van der Waals surface area contributed by atoms with E-state index < -0.39 is 0 Å². The van der Waals surface area contributed by atoms with E-state index in [4.69, 9.17) is 4.74 Å². The van der Waals surface area contributed by atoms with Crippen LogP contribution in [0.4, 0.5) is 0 Å². The van der Waals surface area contributed by atoms with Crippen molar-refractivity contribution in [1.82, 2.24) is 10.6 Å². The van der Waals surface area contributed by atoms with Gasteiger partial charge < -0.3 is 15.4 Å². The van der Waals surface area contributed by atoms with Gasteiger partial charge in [0.05, 0.1) is 12.6 Å². The number of amides is 1. The van der Waals surface area contributed by atoms with E-state index in [1.54, 1.807) is 0 Å². The number of ether oxygens (including phenoxy) is 1. The Hall–Kier alpha value is -0.610. The summed E-state index contributed by atoms with van der Waals surface area (Å²) in [5, 5.41) is 6.25. The molecule has 0 aliphatic carbocycles. The fraction of sp³-hybridized carbons (Fsp3) is 0.923. The average Bonchev–Trinajstić information content (AvgIpc) is 2.33. The minimum Gasteiger partial charge on any atom is -0.380 e. The molecule has 0 aromatic heterocycles. The molecule has 0 radical (unpaired) electrons. The molecule has 1 aliphatic heterocycles. The molecule has 1 fully saturated rings. The molecule has 0 saturated carbocycles. The molecule has 2 N–H and O–H groups in total. The van der Waals surface area contributed by atoms with Crippen LogP contribution in [0.3, 0.4) is 0 Å².